The Morgan fingerprint density at radius 2 is 0.0455 bits per heavy atom. The van der Waals surface area contributed by atoms with E-state index in [1.807, 2.05) is 0 Å². The van der Waals surface area contributed by atoms with Gasteiger partial charge >= 0.3 is 0 Å². The molecule has 0 rings (SSSR count). The number of hydrogen-bond acceptors (Lipinski definition) is 0. The molecule has 0 aromatic heterocycles. The van der Waals surface area contributed by atoms with Crippen LogP contribution < -0.4 is 0 Å². The summed E-state index contributed by atoms with van der Waals surface area (Å²) in [5, 5.41) is 0. The summed E-state index contributed by atoms with van der Waals surface area (Å²) < 4.78 is 0. The Kier molecular flexibility index (Phi) is 2180. The largest absolute Gasteiger partial charge is 0 e. The van der Waals surface area contributed by atoms with Crippen LogP contribution in [0.4, 0.5) is 0 Å². The molecule has 0 heterocycles. The van der Waals surface area contributed by atoms with Crippen molar-refractivity contribution in [1.29, 1.82) is 0 Å². The smallest absolute Gasteiger partial charge is 0 e. The summed E-state index contributed by atoms with van der Waals surface area (Å²) in [5.74, 6) is 0. The van der Waals surface area contributed by atoms with Crippen molar-refractivity contribution in [1.82, 2.24) is 0 Å². The van der Waals surface area contributed by atoms with E-state index in [0.29, 0.717) is 0 Å². The minimum atomic E-state index is 0. The van der Waals surface area contributed by atoms with Crippen molar-refractivity contribution in [3.63, 3.8) is 0 Å². The third-order valence-corrected chi connectivity index (χ3v) is 0. The Morgan fingerprint density at radius 1 is 0.0455 bits per heavy atom. The van der Waals surface area contributed by atoms with E-state index in [1.54, 1.807) is 0 Å². The Balaban J connectivity index is 0. The molecule has 0 aromatic carbocycles. The molecule has 44 valence electrons. The molecule has 0 saturated carbocycles. The fourth-order valence-corrected chi connectivity index (χ4v) is 0. The second kappa shape index (κ2) is 210. The van der Waals surface area contributed by atoms with Gasteiger partial charge in [0.2, 0.25) is 0 Å². The van der Waals surface area contributed by atoms with Crippen molar-refractivity contribution in [3.05, 3.63) is 0 Å². The Labute approximate surface area is 417 Å². The molecule has 0 atom stereocenters. The van der Waals surface area contributed by atoms with Crippen LogP contribution in [-0.2, 0) is 429 Å². The van der Waals surface area contributed by atoms with Gasteiger partial charge in [-0.25, -0.2) is 0 Å². The van der Waals surface area contributed by atoms with Crippen molar-refractivity contribution in [3.8, 4) is 0 Å². The molecule has 0 aliphatic rings. The summed E-state index contributed by atoms with van der Waals surface area (Å²) in [7, 11) is 0. The molecule has 0 bridgehead atoms. The first kappa shape index (κ1) is 229. The van der Waals surface area contributed by atoms with Gasteiger partial charge in [0, 0.05) is 429 Å². The van der Waals surface area contributed by atoms with E-state index < -0.39 is 0 Å². The Hall–Kier alpha value is 13.7. The molecule has 0 aromatic rings. The van der Waals surface area contributed by atoms with Gasteiger partial charge < -0.3 is 0 Å². The van der Waals surface area contributed by atoms with Crippen molar-refractivity contribution < 1.29 is 429 Å². The molecule has 22 heteroatoms. The predicted octanol–water partition coefficient (Wildman–Crippen LogP) is -0.0550. The van der Waals surface area contributed by atoms with Gasteiger partial charge in [-0.3, -0.25) is 0 Å². The van der Waals surface area contributed by atoms with Crippen LogP contribution in [0.3, 0.4) is 0 Å². The van der Waals surface area contributed by atoms with E-state index in [-0.39, 0.29) is 429 Å². The normalized spacial score (nSPS) is 0. The molecular weight excluding hydrogens is 1440 g/mol. The van der Waals surface area contributed by atoms with Crippen molar-refractivity contribution in [2.75, 3.05) is 0 Å². The van der Waals surface area contributed by atoms with Crippen LogP contribution in [0.25, 0.3) is 0 Å². The average molecular weight is 1440 g/mol. The zero-order valence-corrected chi connectivity index (χ0v) is 80.8. The standard InChI is InChI=1S/22Zn. The number of rotatable bonds is 0. The maximum Gasteiger partial charge on any atom is 0 e. The van der Waals surface area contributed by atoms with Crippen molar-refractivity contribution in [2.24, 2.45) is 0 Å². The first-order valence-corrected chi connectivity index (χ1v) is 0. The van der Waals surface area contributed by atoms with Gasteiger partial charge in [0.25, 0.3) is 0 Å². The first-order valence-electron chi connectivity index (χ1n) is 0. The van der Waals surface area contributed by atoms with Crippen LogP contribution in [0.5, 0.6) is 0 Å². The van der Waals surface area contributed by atoms with Crippen molar-refractivity contribution >= 4 is 0 Å². The average Bonchev–Trinajstić information content (AvgIpc) is 0. The van der Waals surface area contributed by atoms with Crippen LogP contribution in [0.15, 0.2) is 0 Å². The van der Waals surface area contributed by atoms with Crippen LogP contribution in [0.1, 0.15) is 0 Å². The maximum atomic E-state index is 0. The van der Waals surface area contributed by atoms with Gasteiger partial charge in [0.15, 0.2) is 0 Å². The van der Waals surface area contributed by atoms with Gasteiger partial charge in [0.1, 0.15) is 0 Å². The molecule has 0 nitrogen and oxygen atoms in total. The Bertz CT molecular complexity index is 0. The van der Waals surface area contributed by atoms with Gasteiger partial charge in [-0.1, -0.05) is 0 Å². The molecule has 0 aliphatic heterocycles. The summed E-state index contributed by atoms with van der Waals surface area (Å²) >= 11 is 0. The third kappa shape index (κ3) is 192. The summed E-state index contributed by atoms with van der Waals surface area (Å²) in [6, 6.07) is 0. The molecule has 0 amide bonds. The van der Waals surface area contributed by atoms with Crippen LogP contribution in [0.2, 0.25) is 0 Å². The van der Waals surface area contributed by atoms with E-state index in [0.717, 1.165) is 0 Å². The molecule has 0 radical (unpaired) electrons. The molecule has 0 N–H and O–H groups in total. The molecule has 0 spiro atoms. The minimum Gasteiger partial charge on any atom is 0 e. The van der Waals surface area contributed by atoms with Crippen LogP contribution in [-0.4, -0.2) is 0 Å². The second-order valence-corrected chi connectivity index (χ2v) is 0. The van der Waals surface area contributed by atoms with Crippen LogP contribution >= 0.6 is 0 Å². The van der Waals surface area contributed by atoms with E-state index in [1.165, 1.54) is 0 Å². The molecule has 0 saturated heterocycles. The summed E-state index contributed by atoms with van der Waals surface area (Å²) in [4.78, 5) is 0. The van der Waals surface area contributed by atoms with Gasteiger partial charge in [0.05, 0.1) is 0 Å². The number of hydrogen-bond donors (Lipinski definition) is 0. The molecule has 0 aliphatic carbocycles. The predicted molar refractivity (Wildman–Crippen MR) is 0 cm³/mol. The molecule has 0 unspecified atom stereocenters. The SMILES string of the molecule is [Zn].[Zn].[Zn].[Zn].[Zn].[Zn].[Zn].[Zn].[Zn].[Zn].[Zn].[Zn].[Zn].[Zn].[Zn].[Zn].[Zn].[Zn].[Zn].[Zn].[Zn].[Zn]. The van der Waals surface area contributed by atoms with E-state index in [2.05, 4.69) is 0 Å². The second-order valence-electron chi connectivity index (χ2n) is 0. The van der Waals surface area contributed by atoms with E-state index >= 15 is 0 Å². The minimum absolute atomic E-state index is 0. The summed E-state index contributed by atoms with van der Waals surface area (Å²) in [6.45, 7) is 0. The van der Waals surface area contributed by atoms with Crippen LogP contribution in [0, 0.1) is 0 Å². The molecule has 22 heavy (non-hydrogen) atoms. The summed E-state index contributed by atoms with van der Waals surface area (Å²) in [5.41, 5.74) is 0. The maximum absolute atomic E-state index is 0. The van der Waals surface area contributed by atoms with Gasteiger partial charge in [-0.2, -0.15) is 0 Å². The van der Waals surface area contributed by atoms with E-state index in [9.17, 15) is 0 Å². The summed E-state index contributed by atoms with van der Waals surface area (Å²) in [6.07, 6.45) is 0. The third-order valence-electron chi connectivity index (χ3n) is 0. The first-order chi connectivity index (χ1) is 0. The van der Waals surface area contributed by atoms with Crippen molar-refractivity contribution in [2.45, 2.75) is 0 Å². The fourth-order valence-electron chi connectivity index (χ4n) is 0. The Morgan fingerprint density at radius 3 is 0.0455 bits per heavy atom. The monoisotopic (exact) mass is 1410 g/mol. The molecular formula is Zn22. The quantitative estimate of drug-likeness (QED) is 0.299. The fraction of sp³-hybridized carbons (Fsp3) is 0. The molecule has 0 fully saturated rings. The van der Waals surface area contributed by atoms with Gasteiger partial charge in [-0.15, -0.1) is 0 Å². The van der Waals surface area contributed by atoms with E-state index in [4.69, 9.17) is 0 Å². The zero-order valence-electron chi connectivity index (χ0n) is 15.6. The topological polar surface area (TPSA) is 0 Å². The zero-order chi connectivity index (χ0) is 0. The van der Waals surface area contributed by atoms with Gasteiger partial charge in [-0.05, 0) is 0 Å².